The van der Waals surface area contributed by atoms with E-state index in [1.807, 2.05) is 6.07 Å². The summed E-state index contributed by atoms with van der Waals surface area (Å²) >= 11 is 0. The maximum absolute atomic E-state index is 13.1. The van der Waals surface area contributed by atoms with Crippen molar-refractivity contribution >= 4 is 18.7 Å². The van der Waals surface area contributed by atoms with Crippen molar-refractivity contribution in [1.82, 2.24) is 0 Å². The fraction of sp³-hybridized carbons (Fsp3) is 0.611. The quantitative estimate of drug-likeness (QED) is 0.748. The zero-order chi connectivity index (χ0) is 15.1. The topological polar surface area (TPSA) is 17.1 Å². The molecule has 0 amide bonds. The predicted octanol–water partition coefficient (Wildman–Crippen LogP) is 4.03. The molecule has 1 nitrogen and oxygen atoms in total. The predicted molar refractivity (Wildman–Crippen MR) is 88.8 cm³/mol. The molecule has 1 saturated carbocycles. The number of carbonyl (C=O) groups excluding carboxylic acids is 1. The third-order valence-electron chi connectivity index (χ3n) is 5.17. The first-order valence-corrected chi connectivity index (χ1v) is 10.8. The molecule has 1 aliphatic rings. The smallest absolute Gasteiger partial charge is 0.157 e. The van der Waals surface area contributed by atoms with Crippen molar-refractivity contribution in [3.05, 3.63) is 30.3 Å². The number of benzene rings is 1. The van der Waals surface area contributed by atoms with Gasteiger partial charge in [0.05, 0.1) is 0 Å². The Bertz CT molecular complexity index is 487. The molecule has 0 bridgehead atoms. The largest absolute Gasteiger partial charge is 0.305 e. The van der Waals surface area contributed by atoms with Gasteiger partial charge in [-0.1, -0.05) is 76.3 Å². The summed E-state index contributed by atoms with van der Waals surface area (Å²) in [4.78, 5) is 13.1. The number of carbonyl (C=O) groups is 1. The van der Waals surface area contributed by atoms with Crippen molar-refractivity contribution in [1.29, 1.82) is 0 Å². The van der Waals surface area contributed by atoms with Crippen LogP contribution in [0, 0.1) is 23.2 Å². The van der Waals surface area contributed by atoms with Crippen LogP contribution in [0.2, 0.25) is 13.1 Å². The second kappa shape index (κ2) is 5.14. The first-order chi connectivity index (χ1) is 9.19. The Labute approximate surface area is 124 Å². The molecule has 0 N–H and O–H groups in total. The van der Waals surface area contributed by atoms with Crippen molar-refractivity contribution in [2.24, 2.45) is 23.2 Å². The number of hydrogen-bond donors (Lipinski definition) is 0. The summed E-state index contributed by atoms with van der Waals surface area (Å²) in [7, 11) is -2.00. The van der Waals surface area contributed by atoms with E-state index in [0.717, 1.165) is 0 Å². The zero-order valence-electron chi connectivity index (χ0n) is 13.7. The van der Waals surface area contributed by atoms with E-state index < -0.39 is 8.07 Å². The normalized spacial score (nSPS) is 24.8. The zero-order valence-corrected chi connectivity index (χ0v) is 14.7. The highest BCUT2D eigenvalue weighted by molar-refractivity contribution is 7.13. The minimum Gasteiger partial charge on any atom is -0.305 e. The Hall–Kier alpha value is -0.893. The van der Waals surface area contributed by atoms with Gasteiger partial charge in [0, 0.05) is 5.92 Å². The van der Waals surface area contributed by atoms with E-state index in [4.69, 9.17) is 0 Å². The molecule has 0 heterocycles. The van der Waals surface area contributed by atoms with Crippen LogP contribution in [0.25, 0.3) is 0 Å². The molecule has 0 aliphatic heterocycles. The van der Waals surface area contributed by atoms with Gasteiger partial charge in [-0.15, -0.1) is 0 Å². The maximum Gasteiger partial charge on any atom is 0.157 e. The van der Waals surface area contributed by atoms with Gasteiger partial charge in [0.2, 0.25) is 0 Å². The Morgan fingerprint density at radius 1 is 1.20 bits per heavy atom. The van der Waals surface area contributed by atoms with Gasteiger partial charge in [0.1, 0.15) is 5.41 Å². The molecule has 0 aromatic heterocycles. The van der Waals surface area contributed by atoms with E-state index in [9.17, 15) is 4.79 Å². The van der Waals surface area contributed by atoms with E-state index in [2.05, 4.69) is 65.1 Å². The van der Waals surface area contributed by atoms with Gasteiger partial charge in [-0.25, -0.2) is 0 Å². The van der Waals surface area contributed by atoms with Gasteiger partial charge in [0.15, 0.2) is 8.07 Å². The molecular weight excluding hydrogens is 260 g/mol. The summed E-state index contributed by atoms with van der Waals surface area (Å²) in [5.74, 6) is 1.55. The molecule has 0 saturated heterocycles. The minimum atomic E-state index is -2.00. The van der Waals surface area contributed by atoms with Crippen LogP contribution >= 0.6 is 0 Å². The molecule has 1 aromatic carbocycles. The van der Waals surface area contributed by atoms with Crippen LogP contribution < -0.4 is 5.19 Å². The van der Waals surface area contributed by atoms with Crippen LogP contribution in [0.1, 0.15) is 34.1 Å². The monoisotopic (exact) mass is 288 g/mol. The fourth-order valence-corrected chi connectivity index (χ4v) is 6.26. The van der Waals surface area contributed by atoms with E-state index in [1.54, 1.807) is 0 Å². The van der Waals surface area contributed by atoms with Crippen molar-refractivity contribution in [2.45, 2.75) is 47.2 Å². The molecule has 20 heavy (non-hydrogen) atoms. The lowest BCUT2D eigenvalue weighted by molar-refractivity contribution is -0.114. The third-order valence-corrected chi connectivity index (χ3v) is 8.49. The molecule has 2 atom stereocenters. The molecule has 1 aliphatic carbocycles. The van der Waals surface area contributed by atoms with Crippen LogP contribution in [0.4, 0.5) is 0 Å². The van der Waals surface area contributed by atoms with Gasteiger partial charge >= 0.3 is 0 Å². The molecule has 0 unspecified atom stereocenters. The minimum absolute atomic E-state index is 0.209. The highest BCUT2D eigenvalue weighted by Crippen LogP contribution is 2.61. The van der Waals surface area contributed by atoms with Crippen LogP contribution in [0.3, 0.4) is 0 Å². The second-order valence-corrected chi connectivity index (χ2v) is 12.2. The van der Waals surface area contributed by atoms with Gasteiger partial charge in [-0.2, -0.15) is 0 Å². The average molecular weight is 289 g/mol. The fourth-order valence-electron chi connectivity index (χ4n) is 3.60. The SMILES string of the molecule is CC(C)C[C@H]1[C@@H](C(=O)[Si](C)(C)c2ccccc2)C1(C)C. The highest BCUT2D eigenvalue weighted by atomic mass is 28.3. The summed E-state index contributed by atoms with van der Waals surface area (Å²) in [6.07, 6.45) is 1.18. The summed E-state index contributed by atoms with van der Waals surface area (Å²) in [6, 6.07) is 10.4. The molecule has 2 heteroatoms. The number of rotatable bonds is 5. The molecule has 0 radical (unpaired) electrons. The summed E-state index contributed by atoms with van der Waals surface area (Å²) in [5, 5.41) is 1.83. The van der Waals surface area contributed by atoms with Crippen molar-refractivity contribution in [2.75, 3.05) is 0 Å². The van der Waals surface area contributed by atoms with Crippen molar-refractivity contribution < 1.29 is 4.79 Å². The lowest BCUT2D eigenvalue weighted by atomic mass is 10.0. The second-order valence-electron chi connectivity index (χ2n) is 7.89. The van der Waals surface area contributed by atoms with Crippen LogP contribution in [0.15, 0.2) is 30.3 Å². The summed E-state index contributed by atoms with van der Waals surface area (Å²) < 4.78 is 0. The molecule has 110 valence electrons. The highest BCUT2D eigenvalue weighted by Gasteiger charge is 2.63. The van der Waals surface area contributed by atoms with Gasteiger partial charge < -0.3 is 4.79 Å². The van der Waals surface area contributed by atoms with E-state index in [1.165, 1.54) is 11.6 Å². The third kappa shape index (κ3) is 2.63. The Morgan fingerprint density at radius 3 is 2.25 bits per heavy atom. The Kier molecular flexibility index (Phi) is 3.98. The lowest BCUT2D eigenvalue weighted by Crippen LogP contribution is -2.51. The van der Waals surface area contributed by atoms with E-state index in [0.29, 0.717) is 17.2 Å². The van der Waals surface area contributed by atoms with Gasteiger partial charge in [-0.3, -0.25) is 0 Å². The van der Waals surface area contributed by atoms with Gasteiger partial charge in [0.25, 0.3) is 0 Å². The number of hydrogen-bond acceptors (Lipinski definition) is 1. The van der Waals surface area contributed by atoms with E-state index in [-0.39, 0.29) is 11.3 Å². The first-order valence-electron chi connectivity index (χ1n) is 7.79. The average Bonchev–Trinajstić information content (AvgIpc) is 2.90. The van der Waals surface area contributed by atoms with Crippen LogP contribution in [0.5, 0.6) is 0 Å². The molecule has 1 fully saturated rings. The molecule has 2 rings (SSSR count). The molecule has 1 aromatic rings. The Balaban J connectivity index is 2.20. The molecule has 0 spiro atoms. The molecular formula is C18H28OSi. The van der Waals surface area contributed by atoms with E-state index >= 15 is 0 Å². The van der Waals surface area contributed by atoms with Crippen LogP contribution in [-0.2, 0) is 4.79 Å². The lowest BCUT2D eigenvalue weighted by Gasteiger charge is -2.22. The standard InChI is InChI=1S/C18H28OSi/c1-13(2)12-15-16(18(15,3)4)17(19)20(5,6)14-10-8-7-9-11-14/h7-11,13,15-16H,12H2,1-6H3/t15-,16-/m0/s1. The maximum atomic E-state index is 13.1. The van der Waals surface area contributed by atoms with Crippen LogP contribution in [-0.4, -0.2) is 13.5 Å². The Morgan fingerprint density at radius 2 is 1.75 bits per heavy atom. The van der Waals surface area contributed by atoms with Crippen molar-refractivity contribution in [3.63, 3.8) is 0 Å². The first kappa shape index (κ1) is 15.5. The summed E-state index contributed by atoms with van der Waals surface area (Å²) in [6.45, 7) is 13.5. The van der Waals surface area contributed by atoms with Crippen molar-refractivity contribution in [3.8, 4) is 0 Å². The van der Waals surface area contributed by atoms with Gasteiger partial charge in [-0.05, 0) is 23.7 Å². The summed E-state index contributed by atoms with van der Waals surface area (Å²) in [5.41, 5.74) is 0.209.